The Labute approximate surface area is 144 Å². The van der Waals surface area contributed by atoms with Crippen molar-refractivity contribution in [3.8, 4) is 0 Å². The van der Waals surface area contributed by atoms with E-state index < -0.39 is 5.91 Å². The van der Waals surface area contributed by atoms with Gasteiger partial charge >= 0.3 is 0 Å². The van der Waals surface area contributed by atoms with Crippen molar-refractivity contribution in [2.24, 2.45) is 0 Å². The molecule has 7 heteroatoms. The molecule has 0 atom stereocenters. The van der Waals surface area contributed by atoms with Crippen molar-refractivity contribution in [1.82, 2.24) is 14.9 Å². The number of halogens is 1. The first-order valence-corrected chi connectivity index (χ1v) is 7.86. The number of amides is 1. The number of rotatable bonds is 4. The maximum Gasteiger partial charge on any atom is 0.295 e. The molecule has 0 fully saturated rings. The standard InChI is InChI=1S/C17H17ClN4O2/c1-10-14(18)16(24-21-10)17(23)19-15-11(2)20-22(12(15)3)9-13-7-5-4-6-8-13/h4-8H,9H2,1-3H3,(H,19,23). The Morgan fingerprint density at radius 2 is 1.92 bits per heavy atom. The second-order valence-electron chi connectivity index (χ2n) is 5.55. The first-order valence-electron chi connectivity index (χ1n) is 7.48. The molecule has 0 bridgehead atoms. The fraction of sp³-hybridized carbons (Fsp3) is 0.235. The quantitative estimate of drug-likeness (QED) is 0.782. The molecule has 6 nitrogen and oxygen atoms in total. The Kier molecular flexibility index (Phi) is 4.40. The third-order valence-corrected chi connectivity index (χ3v) is 4.24. The van der Waals surface area contributed by atoms with Gasteiger partial charge in [0.25, 0.3) is 5.91 Å². The third kappa shape index (κ3) is 3.05. The van der Waals surface area contributed by atoms with Gasteiger partial charge < -0.3 is 9.84 Å². The molecular formula is C17H17ClN4O2. The topological polar surface area (TPSA) is 73.0 Å². The summed E-state index contributed by atoms with van der Waals surface area (Å²) in [5.74, 6) is -0.435. The Bertz CT molecular complexity index is 884. The van der Waals surface area contributed by atoms with Crippen LogP contribution < -0.4 is 5.32 Å². The average Bonchev–Trinajstić information content (AvgIpc) is 3.03. The van der Waals surface area contributed by atoms with Crippen LogP contribution in [-0.2, 0) is 6.54 Å². The zero-order chi connectivity index (χ0) is 17.3. The number of carbonyl (C=O) groups excluding carboxylic acids is 1. The van der Waals surface area contributed by atoms with Crippen LogP contribution in [0.3, 0.4) is 0 Å². The van der Waals surface area contributed by atoms with Crippen molar-refractivity contribution < 1.29 is 9.32 Å². The molecule has 0 radical (unpaired) electrons. The van der Waals surface area contributed by atoms with Crippen molar-refractivity contribution in [2.75, 3.05) is 5.32 Å². The minimum absolute atomic E-state index is 0.00350. The Hall–Kier alpha value is -2.60. The number of carbonyl (C=O) groups is 1. The largest absolute Gasteiger partial charge is 0.349 e. The van der Waals surface area contributed by atoms with Crippen molar-refractivity contribution in [3.05, 3.63) is 63.8 Å². The number of hydrogen-bond donors (Lipinski definition) is 1. The van der Waals surface area contributed by atoms with Crippen LogP contribution in [0.4, 0.5) is 5.69 Å². The molecule has 1 N–H and O–H groups in total. The number of hydrogen-bond acceptors (Lipinski definition) is 4. The van der Waals surface area contributed by atoms with Gasteiger partial charge in [-0.1, -0.05) is 47.1 Å². The van der Waals surface area contributed by atoms with Crippen molar-refractivity contribution >= 4 is 23.2 Å². The summed E-state index contributed by atoms with van der Waals surface area (Å²) in [4.78, 5) is 12.4. The van der Waals surface area contributed by atoms with Gasteiger partial charge in [-0.3, -0.25) is 9.48 Å². The summed E-state index contributed by atoms with van der Waals surface area (Å²) in [6.45, 7) is 6.06. The Morgan fingerprint density at radius 1 is 1.21 bits per heavy atom. The molecule has 0 unspecified atom stereocenters. The summed E-state index contributed by atoms with van der Waals surface area (Å²) < 4.78 is 6.84. The number of nitrogens with one attached hydrogen (secondary N) is 1. The molecule has 3 aromatic rings. The maximum atomic E-state index is 12.4. The number of nitrogens with zero attached hydrogens (tertiary/aromatic N) is 3. The molecule has 0 saturated heterocycles. The van der Waals surface area contributed by atoms with Crippen LogP contribution in [0.25, 0.3) is 0 Å². The molecule has 0 aliphatic heterocycles. The zero-order valence-corrected chi connectivity index (χ0v) is 14.4. The van der Waals surface area contributed by atoms with Gasteiger partial charge in [0.2, 0.25) is 5.76 Å². The first-order chi connectivity index (χ1) is 11.5. The van der Waals surface area contributed by atoms with E-state index in [1.54, 1.807) is 6.92 Å². The van der Waals surface area contributed by atoms with Crippen LogP contribution in [0.1, 0.15) is 33.2 Å². The Balaban J connectivity index is 1.84. The summed E-state index contributed by atoms with van der Waals surface area (Å²) >= 11 is 6.02. The van der Waals surface area contributed by atoms with E-state index in [1.807, 2.05) is 48.9 Å². The number of benzene rings is 1. The van der Waals surface area contributed by atoms with Crippen LogP contribution in [0.15, 0.2) is 34.9 Å². The fourth-order valence-electron chi connectivity index (χ4n) is 2.46. The molecule has 1 amide bonds. The van der Waals surface area contributed by atoms with Crippen LogP contribution >= 0.6 is 11.6 Å². The highest BCUT2D eigenvalue weighted by Gasteiger charge is 2.22. The summed E-state index contributed by atoms with van der Waals surface area (Å²) in [6.07, 6.45) is 0. The second kappa shape index (κ2) is 6.49. The van der Waals surface area contributed by atoms with Crippen molar-refractivity contribution in [3.63, 3.8) is 0 Å². The first kappa shape index (κ1) is 16.3. The fourth-order valence-corrected chi connectivity index (χ4v) is 2.61. The van der Waals surface area contributed by atoms with E-state index >= 15 is 0 Å². The molecule has 2 heterocycles. The highest BCUT2D eigenvalue weighted by molar-refractivity contribution is 6.34. The smallest absolute Gasteiger partial charge is 0.295 e. The van der Waals surface area contributed by atoms with Gasteiger partial charge in [-0.2, -0.15) is 5.10 Å². The van der Waals surface area contributed by atoms with E-state index in [2.05, 4.69) is 15.6 Å². The van der Waals surface area contributed by atoms with Gasteiger partial charge in [0.1, 0.15) is 5.02 Å². The maximum absolute atomic E-state index is 12.4. The third-order valence-electron chi connectivity index (χ3n) is 3.79. The predicted octanol–water partition coefficient (Wildman–Crippen LogP) is 3.75. The lowest BCUT2D eigenvalue weighted by Crippen LogP contribution is -2.13. The lowest BCUT2D eigenvalue weighted by molar-refractivity contribution is 0.0988. The van der Waals surface area contributed by atoms with Crippen molar-refractivity contribution in [1.29, 1.82) is 0 Å². The molecule has 0 aliphatic carbocycles. The minimum Gasteiger partial charge on any atom is -0.349 e. The van der Waals surface area contributed by atoms with Gasteiger partial charge in [-0.25, -0.2) is 0 Å². The zero-order valence-electron chi connectivity index (χ0n) is 13.6. The summed E-state index contributed by atoms with van der Waals surface area (Å²) in [5, 5.41) is 11.2. The molecule has 24 heavy (non-hydrogen) atoms. The molecule has 124 valence electrons. The van der Waals surface area contributed by atoms with Crippen LogP contribution in [0.2, 0.25) is 5.02 Å². The highest BCUT2D eigenvalue weighted by Crippen LogP contribution is 2.24. The minimum atomic E-state index is -0.439. The van der Waals surface area contributed by atoms with E-state index in [4.69, 9.17) is 16.1 Å². The van der Waals surface area contributed by atoms with Gasteiger partial charge in [-0.15, -0.1) is 0 Å². The molecule has 3 rings (SSSR count). The summed E-state index contributed by atoms with van der Waals surface area (Å²) in [5.41, 5.74) is 3.85. The lowest BCUT2D eigenvalue weighted by Gasteiger charge is -2.06. The SMILES string of the molecule is Cc1noc(C(=O)Nc2c(C)nn(Cc3ccccc3)c2C)c1Cl. The molecule has 2 aromatic heterocycles. The predicted molar refractivity (Wildman–Crippen MR) is 91.4 cm³/mol. The van der Waals surface area contributed by atoms with Crippen LogP contribution in [0.5, 0.6) is 0 Å². The molecule has 0 aliphatic rings. The lowest BCUT2D eigenvalue weighted by atomic mass is 10.2. The monoisotopic (exact) mass is 344 g/mol. The van der Waals surface area contributed by atoms with E-state index in [9.17, 15) is 4.79 Å². The van der Waals surface area contributed by atoms with Crippen LogP contribution in [0, 0.1) is 20.8 Å². The van der Waals surface area contributed by atoms with E-state index in [1.165, 1.54) is 0 Å². The van der Waals surface area contributed by atoms with Gasteiger partial charge in [0.15, 0.2) is 0 Å². The van der Waals surface area contributed by atoms with Crippen LogP contribution in [-0.4, -0.2) is 20.8 Å². The normalized spacial score (nSPS) is 10.8. The second-order valence-corrected chi connectivity index (χ2v) is 5.93. The average molecular weight is 345 g/mol. The number of anilines is 1. The Morgan fingerprint density at radius 3 is 2.54 bits per heavy atom. The van der Waals surface area contributed by atoms with E-state index in [0.717, 1.165) is 17.0 Å². The van der Waals surface area contributed by atoms with Gasteiger partial charge in [-0.05, 0) is 26.3 Å². The van der Waals surface area contributed by atoms with Crippen molar-refractivity contribution in [2.45, 2.75) is 27.3 Å². The van der Waals surface area contributed by atoms with E-state index in [0.29, 0.717) is 17.9 Å². The highest BCUT2D eigenvalue weighted by atomic mass is 35.5. The summed E-state index contributed by atoms with van der Waals surface area (Å²) in [7, 11) is 0. The van der Waals surface area contributed by atoms with Gasteiger partial charge in [0.05, 0.1) is 29.3 Å². The van der Waals surface area contributed by atoms with Gasteiger partial charge in [0, 0.05) is 0 Å². The molecule has 1 aromatic carbocycles. The molecule has 0 saturated carbocycles. The summed E-state index contributed by atoms with van der Waals surface area (Å²) in [6, 6.07) is 10.0. The molecule has 0 spiro atoms. The number of aromatic nitrogens is 3. The molecular weight excluding hydrogens is 328 g/mol. The number of aryl methyl sites for hydroxylation is 2. The van der Waals surface area contributed by atoms with E-state index in [-0.39, 0.29) is 10.8 Å².